The first-order valence-corrected chi connectivity index (χ1v) is 6.36. The van der Waals surface area contributed by atoms with Gasteiger partial charge in [-0.3, -0.25) is 4.68 Å². The monoisotopic (exact) mass is 221 g/mol. The Labute approximate surface area is 98.2 Å². The van der Waals surface area contributed by atoms with Crippen molar-refractivity contribution in [2.75, 3.05) is 7.05 Å². The molecule has 90 valence electrons. The van der Waals surface area contributed by atoms with Gasteiger partial charge in [-0.15, -0.1) is 0 Å². The summed E-state index contributed by atoms with van der Waals surface area (Å²) in [5.74, 6) is 1.79. The van der Waals surface area contributed by atoms with E-state index in [0.29, 0.717) is 6.04 Å². The van der Waals surface area contributed by atoms with Crippen LogP contribution in [0.4, 0.5) is 0 Å². The van der Waals surface area contributed by atoms with Crippen molar-refractivity contribution in [1.82, 2.24) is 15.1 Å². The minimum Gasteiger partial charge on any atom is -0.317 e. The van der Waals surface area contributed by atoms with Gasteiger partial charge in [-0.25, -0.2) is 0 Å². The molecular weight excluding hydrogens is 198 g/mol. The third-order valence-corrected chi connectivity index (χ3v) is 4.00. The van der Waals surface area contributed by atoms with Gasteiger partial charge in [0.1, 0.15) is 0 Å². The molecule has 2 unspecified atom stereocenters. The summed E-state index contributed by atoms with van der Waals surface area (Å²) < 4.78 is 1.98. The fourth-order valence-electron chi connectivity index (χ4n) is 2.57. The molecule has 0 radical (unpaired) electrons. The first-order chi connectivity index (χ1) is 7.72. The maximum Gasteiger partial charge on any atom is 0.0492 e. The molecule has 0 aliphatic heterocycles. The molecule has 1 N–H and O–H groups in total. The maximum atomic E-state index is 4.21. The van der Waals surface area contributed by atoms with Crippen LogP contribution in [0.5, 0.6) is 0 Å². The van der Waals surface area contributed by atoms with Crippen molar-refractivity contribution in [2.45, 2.75) is 38.6 Å². The minimum absolute atomic E-state index is 0.655. The van der Waals surface area contributed by atoms with Crippen molar-refractivity contribution in [3.05, 3.63) is 18.0 Å². The van der Waals surface area contributed by atoms with Crippen molar-refractivity contribution in [3.63, 3.8) is 0 Å². The molecule has 1 fully saturated rings. The highest BCUT2D eigenvalue weighted by Gasteiger charge is 2.32. The van der Waals surface area contributed by atoms with Gasteiger partial charge in [-0.2, -0.15) is 5.10 Å². The van der Waals surface area contributed by atoms with Gasteiger partial charge in [0.2, 0.25) is 0 Å². The second-order valence-corrected chi connectivity index (χ2v) is 5.08. The SMILES string of the molecule is CNC(CCc1ccnn1C)C(C)C1CC1. The largest absolute Gasteiger partial charge is 0.317 e. The average Bonchev–Trinajstić information content (AvgIpc) is 3.05. The lowest BCUT2D eigenvalue weighted by molar-refractivity contribution is 0.340. The van der Waals surface area contributed by atoms with E-state index in [9.17, 15) is 0 Å². The zero-order valence-electron chi connectivity index (χ0n) is 10.6. The third-order valence-electron chi connectivity index (χ3n) is 4.00. The fraction of sp³-hybridized carbons (Fsp3) is 0.769. The Kier molecular flexibility index (Phi) is 3.64. The Bertz CT molecular complexity index is 328. The number of aromatic nitrogens is 2. The van der Waals surface area contributed by atoms with Crippen LogP contribution in [0.2, 0.25) is 0 Å². The summed E-state index contributed by atoms with van der Waals surface area (Å²) in [4.78, 5) is 0. The summed E-state index contributed by atoms with van der Waals surface area (Å²) >= 11 is 0. The van der Waals surface area contributed by atoms with Gasteiger partial charge < -0.3 is 5.32 Å². The number of rotatable bonds is 6. The van der Waals surface area contributed by atoms with Gasteiger partial charge in [-0.1, -0.05) is 6.92 Å². The lowest BCUT2D eigenvalue weighted by atomic mass is 9.92. The molecule has 1 aliphatic carbocycles. The Morgan fingerprint density at radius 3 is 2.81 bits per heavy atom. The predicted molar refractivity (Wildman–Crippen MR) is 66.3 cm³/mol. The second kappa shape index (κ2) is 5.00. The van der Waals surface area contributed by atoms with Crippen LogP contribution >= 0.6 is 0 Å². The van der Waals surface area contributed by atoms with Crippen LogP contribution < -0.4 is 5.32 Å². The van der Waals surface area contributed by atoms with Gasteiger partial charge in [0.05, 0.1) is 0 Å². The van der Waals surface area contributed by atoms with E-state index in [0.717, 1.165) is 18.3 Å². The highest BCUT2D eigenvalue weighted by atomic mass is 15.2. The quantitative estimate of drug-likeness (QED) is 0.796. The Morgan fingerprint density at radius 1 is 1.56 bits per heavy atom. The van der Waals surface area contributed by atoms with E-state index < -0.39 is 0 Å². The number of nitrogens with zero attached hydrogens (tertiary/aromatic N) is 2. The van der Waals surface area contributed by atoms with Crippen molar-refractivity contribution >= 4 is 0 Å². The zero-order valence-corrected chi connectivity index (χ0v) is 10.6. The van der Waals surface area contributed by atoms with E-state index in [1.54, 1.807) is 0 Å². The Balaban J connectivity index is 1.85. The lowest BCUT2D eigenvalue weighted by Gasteiger charge is -2.23. The summed E-state index contributed by atoms with van der Waals surface area (Å²) in [6.45, 7) is 2.39. The van der Waals surface area contributed by atoms with Crippen molar-refractivity contribution in [2.24, 2.45) is 18.9 Å². The van der Waals surface area contributed by atoms with Gasteiger partial charge in [0.25, 0.3) is 0 Å². The summed E-state index contributed by atoms with van der Waals surface area (Å²) in [6, 6.07) is 2.77. The van der Waals surface area contributed by atoms with E-state index in [2.05, 4.69) is 30.5 Å². The summed E-state index contributed by atoms with van der Waals surface area (Å²) in [5, 5.41) is 7.68. The molecule has 2 rings (SSSR count). The summed E-state index contributed by atoms with van der Waals surface area (Å²) in [5.41, 5.74) is 1.34. The zero-order chi connectivity index (χ0) is 11.5. The Hall–Kier alpha value is -0.830. The van der Waals surface area contributed by atoms with Crippen molar-refractivity contribution in [1.29, 1.82) is 0 Å². The maximum absolute atomic E-state index is 4.21. The van der Waals surface area contributed by atoms with E-state index in [1.165, 1.54) is 25.0 Å². The molecule has 1 aromatic heterocycles. The minimum atomic E-state index is 0.655. The molecule has 3 heteroatoms. The van der Waals surface area contributed by atoms with Gasteiger partial charge >= 0.3 is 0 Å². The van der Waals surface area contributed by atoms with Gasteiger partial charge in [0.15, 0.2) is 0 Å². The molecule has 0 spiro atoms. The van der Waals surface area contributed by atoms with Crippen molar-refractivity contribution in [3.8, 4) is 0 Å². The van der Waals surface area contributed by atoms with Crippen LogP contribution in [-0.4, -0.2) is 22.9 Å². The molecule has 3 nitrogen and oxygen atoms in total. The van der Waals surface area contributed by atoms with Crippen LogP contribution in [-0.2, 0) is 13.5 Å². The van der Waals surface area contributed by atoms with E-state index >= 15 is 0 Å². The average molecular weight is 221 g/mol. The molecule has 1 saturated carbocycles. The number of aryl methyl sites for hydroxylation is 2. The van der Waals surface area contributed by atoms with Gasteiger partial charge in [0, 0.05) is 25.0 Å². The molecule has 16 heavy (non-hydrogen) atoms. The van der Waals surface area contributed by atoms with Crippen LogP contribution in [0.1, 0.15) is 31.9 Å². The highest BCUT2D eigenvalue weighted by molar-refractivity contribution is 5.01. The first-order valence-electron chi connectivity index (χ1n) is 6.36. The van der Waals surface area contributed by atoms with E-state index in [-0.39, 0.29) is 0 Å². The predicted octanol–water partition coefficient (Wildman–Crippen LogP) is 1.99. The second-order valence-electron chi connectivity index (χ2n) is 5.08. The van der Waals surface area contributed by atoms with Crippen LogP contribution in [0.15, 0.2) is 12.3 Å². The number of nitrogens with one attached hydrogen (secondary N) is 1. The van der Waals surface area contributed by atoms with Crippen LogP contribution in [0.25, 0.3) is 0 Å². The summed E-state index contributed by atoms with van der Waals surface area (Å²) in [6.07, 6.45) is 7.09. The molecule has 1 aliphatic rings. The Morgan fingerprint density at radius 2 is 2.31 bits per heavy atom. The molecule has 0 bridgehead atoms. The molecule has 1 heterocycles. The lowest BCUT2D eigenvalue weighted by Crippen LogP contribution is -2.33. The molecule has 2 atom stereocenters. The number of hydrogen-bond donors (Lipinski definition) is 1. The molecule has 0 saturated heterocycles. The number of hydrogen-bond acceptors (Lipinski definition) is 2. The van der Waals surface area contributed by atoms with E-state index in [4.69, 9.17) is 0 Å². The van der Waals surface area contributed by atoms with Crippen molar-refractivity contribution < 1.29 is 0 Å². The topological polar surface area (TPSA) is 29.9 Å². The fourth-order valence-corrected chi connectivity index (χ4v) is 2.57. The molecular formula is C13H23N3. The van der Waals surface area contributed by atoms with E-state index in [1.807, 2.05) is 17.9 Å². The molecule has 1 aromatic rings. The van der Waals surface area contributed by atoms with Gasteiger partial charge in [-0.05, 0) is 50.6 Å². The van der Waals surface area contributed by atoms with Crippen LogP contribution in [0.3, 0.4) is 0 Å². The molecule has 0 aromatic carbocycles. The summed E-state index contributed by atoms with van der Waals surface area (Å²) in [7, 11) is 4.11. The highest BCUT2D eigenvalue weighted by Crippen LogP contribution is 2.38. The standard InChI is InChI=1S/C13H23N3/c1-10(11-4-5-11)13(14-2)7-6-12-8-9-15-16(12)3/h8-11,13-14H,4-7H2,1-3H3. The normalized spacial score (nSPS) is 19.7. The van der Waals surface area contributed by atoms with Crippen LogP contribution in [0, 0.1) is 11.8 Å². The molecule has 0 amide bonds. The smallest absolute Gasteiger partial charge is 0.0492 e. The third kappa shape index (κ3) is 2.64. The first kappa shape index (κ1) is 11.6.